The third-order valence-corrected chi connectivity index (χ3v) is 7.34. The van der Waals surface area contributed by atoms with Gasteiger partial charge in [-0.25, -0.2) is 0 Å². The number of nitrogens with one attached hydrogen (secondary N) is 1. The van der Waals surface area contributed by atoms with E-state index in [0.717, 1.165) is 59.8 Å². The second-order valence-corrected chi connectivity index (χ2v) is 9.62. The van der Waals surface area contributed by atoms with Crippen LogP contribution in [-0.2, 0) is 6.42 Å². The molecular weight excluding hydrogens is 509 g/mol. The van der Waals surface area contributed by atoms with Crippen LogP contribution in [0.15, 0.2) is 66.7 Å². The summed E-state index contributed by atoms with van der Waals surface area (Å²) in [5, 5.41) is 14.7. The van der Waals surface area contributed by atoms with Gasteiger partial charge in [-0.15, -0.1) is 10.2 Å². The molecule has 0 spiro atoms. The molecular formula is C28H27Cl2N5O2. The van der Waals surface area contributed by atoms with Gasteiger partial charge in [-0.2, -0.15) is 0 Å². The molecule has 0 aliphatic carbocycles. The van der Waals surface area contributed by atoms with Gasteiger partial charge in [-0.1, -0.05) is 65.7 Å². The van der Waals surface area contributed by atoms with Gasteiger partial charge in [0.1, 0.15) is 5.75 Å². The molecule has 0 saturated carbocycles. The number of nitrogens with zero attached hydrogens (tertiary/aromatic N) is 4. The summed E-state index contributed by atoms with van der Waals surface area (Å²) in [6.45, 7) is 3.61. The molecule has 1 saturated heterocycles. The van der Waals surface area contributed by atoms with Crippen molar-refractivity contribution in [2.75, 3.05) is 49.6 Å². The van der Waals surface area contributed by atoms with E-state index in [-0.39, 0.29) is 5.91 Å². The molecule has 1 aromatic heterocycles. The van der Waals surface area contributed by atoms with Crippen LogP contribution in [0.4, 0.5) is 11.5 Å². The molecule has 1 amide bonds. The Kier molecular flexibility index (Phi) is 7.63. The number of benzene rings is 3. The fourth-order valence-electron chi connectivity index (χ4n) is 4.65. The first-order chi connectivity index (χ1) is 18.0. The van der Waals surface area contributed by atoms with Gasteiger partial charge in [0.2, 0.25) is 0 Å². The van der Waals surface area contributed by atoms with Gasteiger partial charge >= 0.3 is 0 Å². The van der Waals surface area contributed by atoms with Crippen molar-refractivity contribution in [2.24, 2.45) is 0 Å². The van der Waals surface area contributed by atoms with E-state index in [1.165, 1.54) is 0 Å². The Bertz CT molecular complexity index is 1420. The number of halogens is 2. The average molecular weight is 536 g/mol. The molecule has 37 heavy (non-hydrogen) atoms. The normalized spacial score (nSPS) is 13.6. The van der Waals surface area contributed by atoms with E-state index in [4.69, 9.17) is 27.9 Å². The number of hydrogen-bond donors (Lipinski definition) is 1. The van der Waals surface area contributed by atoms with Gasteiger partial charge in [0, 0.05) is 49.2 Å². The molecule has 4 aromatic rings. The number of hydrogen-bond acceptors (Lipinski definition) is 6. The summed E-state index contributed by atoms with van der Waals surface area (Å²) in [6, 6.07) is 21.3. The van der Waals surface area contributed by atoms with Crippen LogP contribution in [0.5, 0.6) is 5.75 Å². The summed E-state index contributed by atoms with van der Waals surface area (Å²) in [5.41, 5.74) is 2.41. The summed E-state index contributed by atoms with van der Waals surface area (Å²) >= 11 is 12.3. The summed E-state index contributed by atoms with van der Waals surface area (Å²) in [6.07, 6.45) is 0.655. The molecule has 2 heterocycles. The second-order valence-electron chi connectivity index (χ2n) is 8.81. The minimum absolute atomic E-state index is 0.241. The maximum atomic E-state index is 13.1. The van der Waals surface area contributed by atoms with Crippen molar-refractivity contribution in [1.29, 1.82) is 0 Å². The minimum atomic E-state index is -0.241. The summed E-state index contributed by atoms with van der Waals surface area (Å²) < 4.78 is 5.40. The van der Waals surface area contributed by atoms with Crippen molar-refractivity contribution in [3.63, 3.8) is 0 Å². The molecule has 0 unspecified atom stereocenters. The fourth-order valence-corrected chi connectivity index (χ4v) is 4.95. The summed E-state index contributed by atoms with van der Waals surface area (Å²) in [5.74, 6) is 1.36. The Hall–Kier alpha value is -3.55. The molecule has 190 valence electrons. The van der Waals surface area contributed by atoms with E-state index in [0.29, 0.717) is 28.7 Å². The zero-order valence-corrected chi connectivity index (χ0v) is 22.0. The lowest BCUT2D eigenvalue weighted by molar-refractivity contribution is 0.0950. The number of anilines is 2. The van der Waals surface area contributed by atoms with Crippen LogP contribution in [0, 0.1) is 0 Å². The Morgan fingerprint density at radius 1 is 0.892 bits per heavy atom. The molecule has 0 bridgehead atoms. The van der Waals surface area contributed by atoms with Crippen molar-refractivity contribution >= 4 is 51.4 Å². The van der Waals surface area contributed by atoms with Crippen molar-refractivity contribution in [2.45, 2.75) is 6.42 Å². The number of para-hydroxylation sites is 1. The number of carbonyl (C=O) groups excluding carboxylic acids is 1. The van der Waals surface area contributed by atoms with Gasteiger partial charge in [-0.05, 0) is 36.2 Å². The van der Waals surface area contributed by atoms with E-state index in [1.54, 1.807) is 7.11 Å². The molecule has 7 nitrogen and oxygen atoms in total. The first kappa shape index (κ1) is 25.1. The predicted octanol–water partition coefficient (Wildman–Crippen LogP) is 5.24. The third-order valence-electron chi connectivity index (χ3n) is 6.60. The predicted molar refractivity (Wildman–Crippen MR) is 149 cm³/mol. The number of amides is 1. The Balaban J connectivity index is 1.29. The van der Waals surface area contributed by atoms with Gasteiger partial charge in [0.05, 0.1) is 17.2 Å². The van der Waals surface area contributed by atoms with Crippen molar-refractivity contribution in [3.05, 3.63) is 88.0 Å². The van der Waals surface area contributed by atoms with E-state index in [9.17, 15) is 4.79 Å². The van der Waals surface area contributed by atoms with E-state index < -0.39 is 0 Å². The highest BCUT2D eigenvalue weighted by molar-refractivity contribution is 6.42. The van der Waals surface area contributed by atoms with E-state index in [2.05, 4.69) is 25.3 Å². The Morgan fingerprint density at radius 2 is 1.59 bits per heavy atom. The zero-order chi connectivity index (χ0) is 25.8. The first-order valence-electron chi connectivity index (χ1n) is 12.2. The molecule has 1 fully saturated rings. The monoisotopic (exact) mass is 535 g/mol. The highest BCUT2D eigenvalue weighted by atomic mass is 35.5. The topological polar surface area (TPSA) is 70.6 Å². The van der Waals surface area contributed by atoms with Crippen LogP contribution < -0.4 is 19.9 Å². The van der Waals surface area contributed by atoms with Crippen LogP contribution >= 0.6 is 23.2 Å². The highest BCUT2D eigenvalue weighted by Crippen LogP contribution is 2.30. The number of methoxy groups -OCH3 is 1. The molecule has 5 rings (SSSR count). The third kappa shape index (κ3) is 5.43. The largest absolute Gasteiger partial charge is 0.496 e. The molecule has 1 N–H and O–H groups in total. The number of piperazine rings is 1. The lowest BCUT2D eigenvalue weighted by Gasteiger charge is -2.37. The number of ether oxygens (including phenoxy) is 1. The van der Waals surface area contributed by atoms with Gasteiger partial charge in [0.25, 0.3) is 5.91 Å². The van der Waals surface area contributed by atoms with Crippen LogP contribution in [0.25, 0.3) is 10.8 Å². The minimum Gasteiger partial charge on any atom is -0.496 e. The van der Waals surface area contributed by atoms with Crippen molar-refractivity contribution in [3.8, 4) is 5.75 Å². The quantitative estimate of drug-likeness (QED) is 0.348. The number of fused-ring (bicyclic) bond motifs is 1. The first-order valence-corrected chi connectivity index (χ1v) is 12.9. The fraction of sp³-hybridized carbons (Fsp3) is 0.250. The maximum Gasteiger partial charge on any atom is 0.272 e. The van der Waals surface area contributed by atoms with Gasteiger partial charge in [0.15, 0.2) is 11.5 Å². The summed E-state index contributed by atoms with van der Waals surface area (Å²) in [4.78, 5) is 17.5. The van der Waals surface area contributed by atoms with Crippen LogP contribution in [0.3, 0.4) is 0 Å². The smallest absolute Gasteiger partial charge is 0.272 e. The number of aromatic nitrogens is 2. The molecule has 1 aliphatic rings. The van der Waals surface area contributed by atoms with Crippen LogP contribution in [0.1, 0.15) is 16.1 Å². The lowest BCUT2D eigenvalue weighted by Crippen LogP contribution is -2.47. The van der Waals surface area contributed by atoms with Crippen molar-refractivity contribution in [1.82, 2.24) is 15.5 Å². The zero-order valence-electron chi connectivity index (χ0n) is 20.5. The highest BCUT2D eigenvalue weighted by Gasteiger charge is 2.23. The lowest BCUT2D eigenvalue weighted by atomic mass is 10.1. The maximum absolute atomic E-state index is 13.1. The second kappa shape index (κ2) is 11.2. The van der Waals surface area contributed by atoms with Gasteiger partial charge < -0.3 is 19.9 Å². The Labute approximate surface area is 225 Å². The molecule has 0 atom stereocenters. The number of rotatable bonds is 7. The SMILES string of the molecule is COc1ccccc1CCNC(=O)c1nnc(N2CCN(c3ccc(Cl)c(Cl)c3)CC2)c2ccccc12. The molecule has 0 radical (unpaired) electrons. The van der Waals surface area contributed by atoms with Crippen molar-refractivity contribution < 1.29 is 9.53 Å². The average Bonchev–Trinajstić information content (AvgIpc) is 2.94. The van der Waals surface area contributed by atoms with E-state index >= 15 is 0 Å². The number of carbonyl (C=O) groups is 1. The van der Waals surface area contributed by atoms with Gasteiger partial charge in [-0.3, -0.25) is 4.79 Å². The van der Waals surface area contributed by atoms with Crippen LogP contribution in [0.2, 0.25) is 10.0 Å². The Morgan fingerprint density at radius 3 is 2.35 bits per heavy atom. The molecule has 1 aliphatic heterocycles. The molecule has 9 heteroatoms. The van der Waals surface area contributed by atoms with E-state index in [1.807, 2.05) is 66.7 Å². The molecule has 3 aromatic carbocycles. The van der Waals surface area contributed by atoms with Crippen LogP contribution in [-0.4, -0.2) is 55.9 Å². The standard InChI is InChI=1S/C28H27Cl2N5O2/c1-37-25-9-5-2-6-19(25)12-13-31-28(36)26-21-7-3-4-8-22(21)27(33-32-26)35-16-14-34(15-17-35)20-10-11-23(29)24(30)18-20/h2-11,18H,12-17H2,1H3,(H,31,36). The summed E-state index contributed by atoms with van der Waals surface area (Å²) in [7, 11) is 1.65.